The highest BCUT2D eigenvalue weighted by Gasteiger charge is 2.12. The van der Waals surface area contributed by atoms with Crippen molar-refractivity contribution in [3.05, 3.63) is 16.4 Å². The van der Waals surface area contributed by atoms with Crippen molar-refractivity contribution < 1.29 is 0 Å². The van der Waals surface area contributed by atoms with Crippen molar-refractivity contribution >= 4 is 15.9 Å². The van der Waals surface area contributed by atoms with Crippen LogP contribution in [0.4, 0.5) is 0 Å². The number of halogens is 1. The lowest BCUT2D eigenvalue weighted by molar-refractivity contribution is 0.280. The Morgan fingerprint density at radius 3 is 3.07 bits per heavy atom. The minimum absolute atomic E-state index is 0.948. The molecule has 1 saturated heterocycles. The molecule has 0 amide bonds. The van der Waals surface area contributed by atoms with Gasteiger partial charge >= 0.3 is 0 Å². The molecule has 1 fully saturated rings. The molecular weight excluding hydrogens is 256 g/mol. The lowest BCUT2D eigenvalue weighted by Crippen LogP contribution is -2.28. The molecule has 1 N–H and O–H groups in total. The van der Waals surface area contributed by atoms with E-state index in [1.54, 1.807) is 0 Å². The summed E-state index contributed by atoms with van der Waals surface area (Å²) >= 11 is 3.54. The third kappa shape index (κ3) is 3.03. The van der Waals surface area contributed by atoms with E-state index in [4.69, 9.17) is 0 Å². The Balaban J connectivity index is 1.97. The molecule has 15 heavy (non-hydrogen) atoms. The minimum atomic E-state index is 0.948. The van der Waals surface area contributed by atoms with Gasteiger partial charge in [-0.05, 0) is 35.4 Å². The van der Waals surface area contributed by atoms with Crippen LogP contribution in [0, 0.1) is 0 Å². The van der Waals surface area contributed by atoms with E-state index in [2.05, 4.69) is 31.2 Å². The van der Waals surface area contributed by atoms with Gasteiger partial charge in [0, 0.05) is 32.9 Å². The molecule has 1 aliphatic heterocycles. The van der Waals surface area contributed by atoms with E-state index in [1.807, 2.05) is 17.9 Å². The average molecular weight is 273 g/mol. The van der Waals surface area contributed by atoms with Gasteiger partial charge in [-0.15, -0.1) is 0 Å². The number of nitrogens with zero attached hydrogens (tertiary/aromatic N) is 3. The van der Waals surface area contributed by atoms with Crippen LogP contribution in [-0.2, 0) is 13.6 Å². The molecule has 2 rings (SSSR count). The minimum Gasteiger partial charge on any atom is -0.315 e. The normalized spacial score (nSPS) is 19.1. The third-order valence-electron chi connectivity index (χ3n) is 2.66. The predicted molar refractivity (Wildman–Crippen MR) is 63.7 cm³/mol. The molecule has 0 aliphatic carbocycles. The maximum atomic E-state index is 4.44. The topological polar surface area (TPSA) is 33.1 Å². The number of hydrogen-bond donors (Lipinski definition) is 1. The van der Waals surface area contributed by atoms with Gasteiger partial charge in [0.05, 0.1) is 10.2 Å². The summed E-state index contributed by atoms with van der Waals surface area (Å²) < 4.78 is 2.97. The van der Waals surface area contributed by atoms with Gasteiger partial charge in [-0.25, -0.2) is 0 Å². The Morgan fingerprint density at radius 2 is 2.33 bits per heavy atom. The van der Waals surface area contributed by atoms with Gasteiger partial charge < -0.3 is 5.32 Å². The van der Waals surface area contributed by atoms with Crippen LogP contribution in [-0.4, -0.2) is 40.9 Å². The number of aryl methyl sites for hydroxylation is 1. The van der Waals surface area contributed by atoms with Crippen molar-refractivity contribution in [2.45, 2.75) is 13.0 Å². The Labute approximate surface area is 98.8 Å². The van der Waals surface area contributed by atoms with Gasteiger partial charge in [-0.2, -0.15) is 5.10 Å². The Bertz CT molecular complexity index is 315. The molecule has 84 valence electrons. The number of hydrogen-bond acceptors (Lipinski definition) is 3. The summed E-state index contributed by atoms with van der Waals surface area (Å²) in [7, 11) is 1.96. The first-order valence-corrected chi connectivity index (χ1v) is 6.16. The van der Waals surface area contributed by atoms with Gasteiger partial charge in [0.1, 0.15) is 0 Å². The molecule has 5 heteroatoms. The van der Waals surface area contributed by atoms with Gasteiger partial charge in [-0.1, -0.05) is 0 Å². The zero-order valence-electron chi connectivity index (χ0n) is 9.04. The van der Waals surface area contributed by atoms with Crippen molar-refractivity contribution in [2.75, 3.05) is 26.2 Å². The van der Waals surface area contributed by atoms with E-state index in [1.165, 1.54) is 6.42 Å². The van der Waals surface area contributed by atoms with Crippen LogP contribution in [0.3, 0.4) is 0 Å². The monoisotopic (exact) mass is 272 g/mol. The molecule has 1 aromatic rings. The lowest BCUT2D eigenvalue weighted by Gasteiger charge is -2.17. The SMILES string of the molecule is Cn1cc(Br)c(CN2CCCNCC2)n1. The van der Waals surface area contributed by atoms with Crippen LogP contribution >= 0.6 is 15.9 Å². The van der Waals surface area contributed by atoms with Gasteiger partial charge in [0.2, 0.25) is 0 Å². The molecule has 4 nitrogen and oxygen atoms in total. The highest BCUT2D eigenvalue weighted by atomic mass is 79.9. The second-order valence-corrected chi connectivity index (χ2v) is 4.83. The smallest absolute Gasteiger partial charge is 0.0906 e. The first-order valence-electron chi connectivity index (χ1n) is 5.37. The van der Waals surface area contributed by atoms with E-state index in [0.29, 0.717) is 0 Å². The van der Waals surface area contributed by atoms with Crippen LogP contribution in [0.15, 0.2) is 10.7 Å². The lowest BCUT2D eigenvalue weighted by atomic mass is 10.3. The second-order valence-electron chi connectivity index (χ2n) is 3.98. The first kappa shape index (κ1) is 11.1. The standard InChI is InChI=1S/C10H17BrN4/c1-14-7-9(11)10(13-14)8-15-5-2-3-12-4-6-15/h7,12H,2-6,8H2,1H3. The predicted octanol–water partition coefficient (Wildman–Crippen LogP) is 0.978. The van der Waals surface area contributed by atoms with E-state index in [0.717, 1.165) is 42.9 Å². The van der Waals surface area contributed by atoms with Gasteiger partial charge in [-0.3, -0.25) is 9.58 Å². The fourth-order valence-electron chi connectivity index (χ4n) is 1.88. The maximum Gasteiger partial charge on any atom is 0.0906 e. The molecule has 0 atom stereocenters. The van der Waals surface area contributed by atoms with Crippen LogP contribution in [0.5, 0.6) is 0 Å². The summed E-state index contributed by atoms with van der Waals surface area (Å²) in [5.41, 5.74) is 1.14. The summed E-state index contributed by atoms with van der Waals surface area (Å²) in [6, 6.07) is 0. The van der Waals surface area contributed by atoms with Gasteiger partial charge in [0.25, 0.3) is 0 Å². The molecule has 0 aromatic carbocycles. The number of rotatable bonds is 2. The van der Waals surface area contributed by atoms with Crippen LogP contribution < -0.4 is 5.32 Å². The fraction of sp³-hybridized carbons (Fsp3) is 0.700. The highest BCUT2D eigenvalue weighted by Crippen LogP contribution is 2.16. The molecular formula is C10H17BrN4. The molecule has 0 unspecified atom stereocenters. The Kier molecular flexibility index (Phi) is 3.77. The molecule has 1 aliphatic rings. The van der Waals surface area contributed by atoms with E-state index < -0.39 is 0 Å². The largest absolute Gasteiger partial charge is 0.315 e. The quantitative estimate of drug-likeness (QED) is 0.872. The zero-order valence-corrected chi connectivity index (χ0v) is 10.6. The number of nitrogens with one attached hydrogen (secondary N) is 1. The number of aromatic nitrogens is 2. The zero-order chi connectivity index (χ0) is 10.7. The van der Waals surface area contributed by atoms with E-state index in [-0.39, 0.29) is 0 Å². The van der Waals surface area contributed by atoms with Crippen molar-refractivity contribution in [2.24, 2.45) is 7.05 Å². The summed E-state index contributed by atoms with van der Waals surface area (Å²) in [6.07, 6.45) is 3.23. The summed E-state index contributed by atoms with van der Waals surface area (Å²) in [6.45, 7) is 5.45. The molecule has 0 radical (unpaired) electrons. The molecule has 0 spiro atoms. The summed E-state index contributed by atoms with van der Waals surface area (Å²) in [4.78, 5) is 2.45. The van der Waals surface area contributed by atoms with Crippen molar-refractivity contribution in [1.29, 1.82) is 0 Å². The third-order valence-corrected chi connectivity index (χ3v) is 3.32. The Morgan fingerprint density at radius 1 is 1.47 bits per heavy atom. The fourth-order valence-corrected chi connectivity index (χ4v) is 2.39. The summed E-state index contributed by atoms with van der Waals surface area (Å²) in [5.74, 6) is 0. The second kappa shape index (κ2) is 5.09. The van der Waals surface area contributed by atoms with Crippen LogP contribution in [0.2, 0.25) is 0 Å². The molecule has 2 heterocycles. The van der Waals surface area contributed by atoms with Crippen molar-refractivity contribution in [1.82, 2.24) is 20.0 Å². The molecule has 1 aromatic heterocycles. The highest BCUT2D eigenvalue weighted by molar-refractivity contribution is 9.10. The Hall–Kier alpha value is -0.390. The summed E-state index contributed by atoms with van der Waals surface area (Å²) in [5, 5.41) is 7.85. The first-order chi connectivity index (χ1) is 7.25. The maximum absolute atomic E-state index is 4.44. The van der Waals surface area contributed by atoms with Crippen LogP contribution in [0.1, 0.15) is 12.1 Å². The molecule has 0 saturated carbocycles. The van der Waals surface area contributed by atoms with Crippen molar-refractivity contribution in [3.8, 4) is 0 Å². The average Bonchev–Trinajstić information content (AvgIpc) is 2.44. The van der Waals surface area contributed by atoms with Gasteiger partial charge in [0.15, 0.2) is 0 Å². The molecule has 0 bridgehead atoms. The van der Waals surface area contributed by atoms with E-state index in [9.17, 15) is 0 Å². The van der Waals surface area contributed by atoms with E-state index >= 15 is 0 Å². The van der Waals surface area contributed by atoms with Crippen LogP contribution in [0.25, 0.3) is 0 Å². The van der Waals surface area contributed by atoms with Crippen molar-refractivity contribution in [3.63, 3.8) is 0 Å².